The quantitative estimate of drug-likeness (QED) is 0.428. The number of benzene rings is 1. The van der Waals surface area contributed by atoms with E-state index in [4.69, 9.17) is 4.74 Å². The van der Waals surface area contributed by atoms with Crippen LogP contribution in [0.4, 0.5) is 4.79 Å². The molecule has 0 spiro atoms. The Labute approximate surface area is 242 Å². The molecule has 2 amide bonds. The van der Waals surface area contributed by atoms with Crippen molar-refractivity contribution in [3.05, 3.63) is 62.5 Å². The van der Waals surface area contributed by atoms with E-state index in [1.54, 1.807) is 36.0 Å². The fourth-order valence-electron chi connectivity index (χ4n) is 5.03. The van der Waals surface area contributed by atoms with Crippen molar-refractivity contribution in [2.75, 3.05) is 25.4 Å². The largest absolute Gasteiger partial charge is 0.444 e. The number of piperidine rings is 1. The summed E-state index contributed by atoms with van der Waals surface area (Å²) in [6, 6.07) is 9.80. The van der Waals surface area contributed by atoms with Gasteiger partial charge in [-0.15, -0.1) is 11.8 Å². The van der Waals surface area contributed by atoms with E-state index < -0.39 is 17.6 Å². The van der Waals surface area contributed by atoms with E-state index in [1.165, 1.54) is 4.57 Å². The van der Waals surface area contributed by atoms with Gasteiger partial charge < -0.3 is 24.2 Å². The lowest BCUT2D eigenvalue weighted by atomic mass is 9.79. The van der Waals surface area contributed by atoms with Gasteiger partial charge in [0.2, 0.25) is 5.91 Å². The number of rotatable bonds is 8. The number of aryl methyl sites for hydroxylation is 1. The topological polar surface area (TPSA) is 92.1 Å². The van der Waals surface area contributed by atoms with Crippen molar-refractivity contribution in [1.29, 1.82) is 0 Å². The van der Waals surface area contributed by atoms with Gasteiger partial charge in [-0.2, -0.15) is 0 Å². The predicted octanol–water partition coefficient (Wildman–Crippen LogP) is 4.76. The second-order valence-corrected chi connectivity index (χ2v) is 13.5. The summed E-state index contributed by atoms with van der Waals surface area (Å²) in [5.41, 5.74) is 1.09. The molecule has 2 aromatic rings. The molecule has 4 rings (SSSR count). The summed E-state index contributed by atoms with van der Waals surface area (Å²) in [7, 11) is 1.71. The number of aliphatic hydroxyl groups is 1. The molecule has 2 atom stereocenters. The molecule has 1 saturated carbocycles. The highest BCUT2D eigenvalue weighted by Crippen LogP contribution is 2.38. The van der Waals surface area contributed by atoms with Crippen LogP contribution in [-0.4, -0.2) is 68.6 Å². The number of amides is 2. The number of likely N-dealkylation sites (tertiary alicyclic amines) is 1. The molecule has 10 heteroatoms. The summed E-state index contributed by atoms with van der Waals surface area (Å²) in [6.07, 6.45) is 3.79. The van der Waals surface area contributed by atoms with Crippen LogP contribution in [0.2, 0.25) is 0 Å². The third-order valence-electron chi connectivity index (χ3n) is 7.05. The Morgan fingerprint density at radius 3 is 2.56 bits per heavy atom. The standard InChI is InChI=1S/C29H38BrN3O5S/c1-29(2,3)38-28(37)32-10-8-24(20-7-9-31(4)26(35)15-20)25(18-32)27(36)33(22-5-6-22)17-19-13-21(30)16-23(14-19)39-12-11-34/h7,9,13-16,22,24-25,34H,5-6,8,10-12,17-18H2,1-4H3/t24-,25+/m1/s1. The summed E-state index contributed by atoms with van der Waals surface area (Å²) in [6.45, 7) is 6.76. The van der Waals surface area contributed by atoms with Crippen molar-refractivity contribution in [3.8, 4) is 0 Å². The Morgan fingerprint density at radius 2 is 1.92 bits per heavy atom. The third kappa shape index (κ3) is 7.89. The Bertz CT molecular complexity index is 1260. The van der Waals surface area contributed by atoms with Gasteiger partial charge in [0.15, 0.2) is 0 Å². The molecule has 1 aromatic heterocycles. The zero-order chi connectivity index (χ0) is 28.3. The molecule has 8 nitrogen and oxygen atoms in total. The monoisotopic (exact) mass is 619 g/mol. The summed E-state index contributed by atoms with van der Waals surface area (Å²) in [4.78, 5) is 44.4. The lowest BCUT2D eigenvalue weighted by Gasteiger charge is -2.40. The SMILES string of the molecule is Cn1ccc([C@H]2CCN(C(=O)OC(C)(C)C)C[C@@H]2C(=O)N(Cc2cc(Br)cc(SCCO)c2)C2CC2)cc1=O. The molecule has 0 bridgehead atoms. The lowest BCUT2D eigenvalue weighted by molar-refractivity contribution is -0.139. The van der Waals surface area contributed by atoms with Crippen molar-refractivity contribution in [1.82, 2.24) is 14.4 Å². The van der Waals surface area contributed by atoms with Crippen molar-refractivity contribution in [3.63, 3.8) is 0 Å². The maximum absolute atomic E-state index is 14.3. The zero-order valence-electron chi connectivity index (χ0n) is 23.1. The maximum atomic E-state index is 14.3. The van der Waals surface area contributed by atoms with E-state index in [-0.39, 0.29) is 36.6 Å². The number of nitrogens with zero attached hydrogens (tertiary/aromatic N) is 3. The third-order valence-corrected chi connectivity index (χ3v) is 8.47. The van der Waals surface area contributed by atoms with Crippen LogP contribution in [0.15, 0.2) is 50.7 Å². The van der Waals surface area contributed by atoms with Gasteiger partial charge in [-0.25, -0.2) is 4.79 Å². The Morgan fingerprint density at radius 1 is 1.18 bits per heavy atom. The van der Waals surface area contributed by atoms with E-state index in [2.05, 4.69) is 22.0 Å². The Hall–Kier alpha value is -2.30. The first kappa shape index (κ1) is 29.7. The molecule has 1 aliphatic heterocycles. The molecule has 2 aliphatic rings. The Kier molecular flexibility index (Phi) is 9.49. The molecule has 1 aromatic carbocycles. The maximum Gasteiger partial charge on any atom is 0.410 e. The molecule has 1 N–H and O–H groups in total. The first-order valence-electron chi connectivity index (χ1n) is 13.4. The molecular formula is C29H38BrN3O5S. The van der Waals surface area contributed by atoms with Crippen LogP contribution in [0.5, 0.6) is 0 Å². The number of thioether (sulfide) groups is 1. The highest BCUT2D eigenvalue weighted by atomic mass is 79.9. The summed E-state index contributed by atoms with van der Waals surface area (Å²) >= 11 is 5.16. The molecular weight excluding hydrogens is 582 g/mol. The van der Waals surface area contributed by atoms with Gasteiger partial charge in [-0.05, 0) is 81.3 Å². The van der Waals surface area contributed by atoms with E-state index in [0.717, 1.165) is 33.3 Å². The predicted molar refractivity (Wildman–Crippen MR) is 156 cm³/mol. The van der Waals surface area contributed by atoms with Gasteiger partial charge in [0.05, 0.1) is 12.5 Å². The molecule has 39 heavy (non-hydrogen) atoms. The van der Waals surface area contributed by atoms with Crippen LogP contribution in [0.1, 0.15) is 57.1 Å². The van der Waals surface area contributed by atoms with E-state index in [9.17, 15) is 19.5 Å². The second-order valence-electron chi connectivity index (χ2n) is 11.4. The number of carbonyl (C=O) groups is 2. The second kappa shape index (κ2) is 12.5. The molecule has 1 aliphatic carbocycles. The molecule has 2 heterocycles. The highest BCUT2D eigenvalue weighted by Gasteiger charge is 2.43. The number of aliphatic hydroxyl groups excluding tert-OH is 1. The van der Waals surface area contributed by atoms with Crippen molar-refractivity contribution < 1.29 is 19.4 Å². The van der Waals surface area contributed by atoms with Crippen molar-refractivity contribution >= 4 is 39.7 Å². The molecule has 0 unspecified atom stereocenters. The average molecular weight is 621 g/mol. The van der Waals surface area contributed by atoms with Crippen molar-refractivity contribution in [2.45, 2.75) is 69.0 Å². The van der Waals surface area contributed by atoms with Crippen LogP contribution in [0, 0.1) is 5.92 Å². The minimum absolute atomic E-state index is 0.000900. The van der Waals surface area contributed by atoms with Gasteiger partial charge in [0.1, 0.15) is 5.60 Å². The number of hydrogen-bond donors (Lipinski definition) is 1. The normalized spacial score (nSPS) is 19.6. The van der Waals surface area contributed by atoms with Gasteiger partial charge in [-0.3, -0.25) is 9.59 Å². The molecule has 0 radical (unpaired) electrons. The van der Waals surface area contributed by atoms with Gasteiger partial charge in [0, 0.05) is 60.1 Å². The zero-order valence-corrected chi connectivity index (χ0v) is 25.5. The fraction of sp³-hybridized carbons (Fsp3) is 0.552. The minimum Gasteiger partial charge on any atom is -0.444 e. The van der Waals surface area contributed by atoms with Crippen LogP contribution in [-0.2, 0) is 23.1 Å². The lowest BCUT2D eigenvalue weighted by Crippen LogP contribution is -2.51. The van der Waals surface area contributed by atoms with Crippen LogP contribution in [0.25, 0.3) is 0 Å². The molecule has 2 fully saturated rings. The first-order chi connectivity index (χ1) is 18.4. The molecule has 212 valence electrons. The number of hydrogen-bond acceptors (Lipinski definition) is 6. The first-order valence-corrected chi connectivity index (χ1v) is 15.2. The van der Waals surface area contributed by atoms with Crippen LogP contribution >= 0.6 is 27.7 Å². The number of carbonyl (C=O) groups excluding carboxylic acids is 2. The number of halogens is 1. The number of aromatic nitrogens is 1. The fourth-order valence-corrected chi connectivity index (χ4v) is 6.49. The summed E-state index contributed by atoms with van der Waals surface area (Å²) < 4.78 is 8.09. The van der Waals surface area contributed by atoms with Crippen LogP contribution < -0.4 is 5.56 Å². The number of pyridine rings is 1. The molecule has 1 saturated heterocycles. The van der Waals surface area contributed by atoms with Crippen molar-refractivity contribution in [2.24, 2.45) is 13.0 Å². The van der Waals surface area contributed by atoms with Gasteiger partial charge >= 0.3 is 6.09 Å². The smallest absolute Gasteiger partial charge is 0.410 e. The van der Waals surface area contributed by atoms with E-state index in [0.29, 0.717) is 25.3 Å². The van der Waals surface area contributed by atoms with E-state index in [1.807, 2.05) is 43.9 Å². The Balaban J connectivity index is 1.63. The van der Waals surface area contributed by atoms with Gasteiger partial charge in [0.25, 0.3) is 5.56 Å². The van der Waals surface area contributed by atoms with E-state index >= 15 is 0 Å². The highest BCUT2D eigenvalue weighted by molar-refractivity contribution is 9.10. The number of ether oxygens (including phenoxy) is 1. The van der Waals surface area contributed by atoms with Gasteiger partial charge in [-0.1, -0.05) is 15.9 Å². The summed E-state index contributed by atoms with van der Waals surface area (Å²) in [5, 5.41) is 9.24. The summed E-state index contributed by atoms with van der Waals surface area (Å²) in [5.74, 6) is -0.0676. The van der Waals surface area contributed by atoms with Crippen LogP contribution in [0.3, 0.4) is 0 Å². The average Bonchev–Trinajstić information content (AvgIpc) is 3.71. The minimum atomic E-state index is -0.633.